The standard InChI is InChI=1S/C11H20N2O6P2S.H2O/c14-20(15,16)11(21(17,18)19)13-8-3-1-5-9-22-10-6-2-4-7-12-10;/h2,4,6-7,11,13H,1,3,5,8-9H2,(H2,14,15,16)(H2,17,18,19);1H2. The van der Waals surface area contributed by atoms with Crippen LogP contribution in [0.15, 0.2) is 29.4 Å². The number of unbranched alkanes of at least 4 members (excludes halogenated alkanes) is 2. The summed E-state index contributed by atoms with van der Waals surface area (Å²) in [5, 5.41) is 3.20. The van der Waals surface area contributed by atoms with E-state index in [0.717, 1.165) is 23.6 Å². The number of hydrogen-bond donors (Lipinski definition) is 5. The Morgan fingerprint density at radius 2 is 1.74 bits per heavy atom. The van der Waals surface area contributed by atoms with E-state index in [9.17, 15) is 9.13 Å². The topological polar surface area (TPSA) is 171 Å². The van der Waals surface area contributed by atoms with E-state index in [2.05, 4.69) is 10.3 Å². The summed E-state index contributed by atoms with van der Waals surface area (Å²) < 4.78 is 22.1. The zero-order valence-corrected chi connectivity index (χ0v) is 14.9. The lowest BCUT2D eigenvalue weighted by molar-refractivity contribution is 0.327. The van der Waals surface area contributed by atoms with E-state index in [1.807, 2.05) is 18.2 Å². The summed E-state index contributed by atoms with van der Waals surface area (Å²) in [6.45, 7) is 0.134. The van der Waals surface area contributed by atoms with Gasteiger partial charge in [-0.25, -0.2) is 4.98 Å². The summed E-state index contributed by atoms with van der Waals surface area (Å²) in [4.78, 5) is 39.9. The lowest BCUT2D eigenvalue weighted by atomic mass is 10.2. The first-order valence-electron chi connectivity index (χ1n) is 6.59. The minimum atomic E-state index is -4.89. The second-order valence-corrected chi connectivity index (χ2v) is 9.49. The molecule has 0 saturated carbocycles. The van der Waals surface area contributed by atoms with Gasteiger partial charge in [0.25, 0.3) is 0 Å². The fourth-order valence-corrected chi connectivity index (χ4v) is 4.85. The zero-order chi connectivity index (χ0) is 16.6. The molecule has 1 rings (SSSR count). The van der Waals surface area contributed by atoms with Crippen LogP contribution in [-0.2, 0) is 9.13 Å². The fourth-order valence-electron chi connectivity index (χ4n) is 1.68. The minimum absolute atomic E-state index is 0. The zero-order valence-electron chi connectivity index (χ0n) is 12.3. The molecule has 0 aliphatic rings. The molecule has 23 heavy (non-hydrogen) atoms. The van der Waals surface area contributed by atoms with Gasteiger partial charge >= 0.3 is 15.2 Å². The van der Waals surface area contributed by atoms with Gasteiger partial charge in [-0.05, 0) is 37.3 Å². The van der Waals surface area contributed by atoms with Crippen molar-refractivity contribution < 1.29 is 34.2 Å². The van der Waals surface area contributed by atoms with E-state index in [1.165, 1.54) is 0 Å². The second-order valence-electron chi connectivity index (χ2n) is 4.58. The fraction of sp³-hybridized carbons (Fsp3) is 0.545. The Hall–Kier alpha value is -0.280. The molecule has 9 nitrogen and oxygen atoms in total. The molecular formula is C11H22N2O7P2S. The van der Waals surface area contributed by atoms with Crippen LogP contribution in [-0.4, -0.2) is 47.9 Å². The monoisotopic (exact) mass is 388 g/mol. The number of nitrogens with one attached hydrogen (secondary N) is 1. The van der Waals surface area contributed by atoms with Crippen LogP contribution in [0, 0.1) is 0 Å². The molecule has 7 N–H and O–H groups in total. The van der Waals surface area contributed by atoms with Gasteiger partial charge in [0.05, 0.1) is 5.03 Å². The van der Waals surface area contributed by atoms with Crippen LogP contribution in [0.25, 0.3) is 0 Å². The summed E-state index contributed by atoms with van der Waals surface area (Å²) in [5.41, 5.74) is -2.12. The van der Waals surface area contributed by atoms with Crippen LogP contribution in [0.5, 0.6) is 0 Å². The summed E-state index contributed by atoms with van der Waals surface area (Å²) in [6.07, 6.45) is 3.94. The molecule has 0 unspecified atom stereocenters. The normalized spacial score (nSPS) is 12.2. The van der Waals surface area contributed by atoms with Crippen LogP contribution < -0.4 is 5.32 Å². The summed E-state index contributed by atoms with van der Waals surface area (Å²) in [5.74, 6) is 0.859. The van der Waals surface area contributed by atoms with Crippen LogP contribution in [0.3, 0.4) is 0 Å². The number of thioether (sulfide) groups is 1. The average Bonchev–Trinajstić information content (AvgIpc) is 2.40. The highest BCUT2D eigenvalue weighted by molar-refractivity contribution is 7.99. The average molecular weight is 388 g/mol. The number of hydrogen-bond acceptors (Lipinski definition) is 5. The van der Waals surface area contributed by atoms with Crippen molar-refractivity contribution >= 4 is 27.0 Å². The third-order valence-corrected chi connectivity index (χ3v) is 7.15. The van der Waals surface area contributed by atoms with Gasteiger partial charge in [0.2, 0.25) is 5.52 Å². The van der Waals surface area contributed by atoms with Gasteiger partial charge in [-0.15, -0.1) is 11.8 Å². The highest BCUT2D eigenvalue weighted by atomic mass is 32.2. The van der Waals surface area contributed by atoms with Crippen molar-refractivity contribution in [2.75, 3.05) is 12.3 Å². The van der Waals surface area contributed by atoms with Crippen molar-refractivity contribution in [1.82, 2.24) is 10.3 Å². The molecule has 0 aromatic carbocycles. The number of pyridine rings is 1. The third kappa shape index (κ3) is 9.56. The molecule has 0 radical (unpaired) electrons. The molecule has 134 valence electrons. The van der Waals surface area contributed by atoms with Gasteiger partial charge in [-0.1, -0.05) is 12.5 Å². The Morgan fingerprint density at radius 3 is 2.26 bits per heavy atom. The third-order valence-electron chi connectivity index (χ3n) is 2.67. The highest BCUT2D eigenvalue weighted by Gasteiger charge is 2.42. The summed E-state index contributed by atoms with van der Waals surface area (Å²) >= 11 is 1.61. The molecular weight excluding hydrogens is 366 g/mol. The van der Waals surface area contributed by atoms with E-state index >= 15 is 0 Å². The summed E-state index contributed by atoms with van der Waals surface area (Å²) in [7, 11) is -9.77. The maximum absolute atomic E-state index is 11.0. The predicted molar refractivity (Wildman–Crippen MR) is 88.3 cm³/mol. The Labute approximate surface area is 138 Å². The van der Waals surface area contributed by atoms with Gasteiger partial charge < -0.3 is 25.0 Å². The van der Waals surface area contributed by atoms with Crippen molar-refractivity contribution in [2.45, 2.75) is 29.8 Å². The van der Waals surface area contributed by atoms with Crippen LogP contribution >= 0.6 is 27.0 Å². The second kappa shape index (κ2) is 10.6. The van der Waals surface area contributed by atoms with Gasteiger partial charge in [-0.2, -0.15) is 0 Å². The van der Waals surface area contributed by atoms with E-state index < -0.39 is 20.7 Å². The first kappa shape index (κ1) is 22.7. The molecule has 0 amide bonds. The SMILES string of the molecule is O.O=P(O)(O)C(NCCCCCSc1ccccn1)P(=O)(O)O. The van der Waals surface area contributed by atoms with Gasteiger partial charge in [0.1, 0.15) is 0 Å². The Kier molecular flexibility index (Phi) is 10.4. The molecule has 1 heterocycles. The molecule has 1 aromatic heterocycles. The molecule has 0 fully saturated rings. The summed E-state index contributed by atoms with van der Waals surface area (Å²) in [6, 6.07) is 5.66. The van der Waals surface area contributed by atoms with Crippen molar-refractivity contribution in [1.29, 1.82) is 0 Å². The molecule has 0 atom stereocenters. The molecule has 0 bridgehead atoms. The maximum Gasteiger partial charge on any atom is 0.354 e. The van der Waals surface area contributed by atoms with E-state index in [1.54, 1.807) is 18.0 Å². The van der Waals surface area contributed by atoms with Crippen molar-refractivity contribution in [3.8, 4) is 0 Å². The van der Waals surface area contributed by atoms with E-state index in [4.69, 9.17) is 19.6 Å². The smallest absolute Gasteiger partial charge is 0.354 e. The molecule has 0 aliphatic carbocycles. The Bertz CT molecular complexity index is 514. The highest BCUT2D eigenvalue weighted by Crippen LogP contribution is 2.58. The van der Waals surface area contributed by atoms with Gasteiger partial charge in [0, 0.05) is 6.20 Å². The molecule has 0 spiro atoms. The maximum atomic E-state index is 11.0. The predicted octanol–water partition coefficient (Wildman–Crippen LogP) is 0.748. The molecule has 1 aromatic rings. The van der Waals surface area contributed by atoms with E-state index in [0.29, 0.717) is 6.42 Å². The molecule has 0 aliphatic heterocycles. The lowest BCUT2D eigenvalue weighted by Gasteiger charge is -2.20. The Balaban J connectivity index is 0.00000484. The van der Waals surface area contributed by atoms with Crippen LogP contribution in [0.4, 0.5) is 0 Å². The quantitative estimate of drug-likeness (QED) is 0.220. The Morgan fingerprint density at radius 1 is 1.09 bits per heavy atom. The number of nitrogens with zero attached hydrogens (tertiary/aromatic N) is 1. The van der Waals surface area contributed by atoms with Crippen molar-refractivity contribution in [2.24, 2.45) is 0 Å². The number of aromatic nitrogens is 1. The van der Waals surface area contributed by atoms with Crippen LogP contribution in [0.1, 0.15) is 19.3 Å². The lowest BCUT2D eigenvalue weighted by Crippen LogP contribution is -2.29. The van der Waals surface area contributed by atoms with Gasteiger partial charge in [-0.3, -0.25) is 14.4 Å². The van der Waals surface area contributed by atoms with Crippen molar-refractivity contribution in [3.05, 3.63) is 24.4 Å². The van der Waals surface area contributed by atoms with Crippen LogP contribution in [0.2, 0.25) is 0 Å². The first-order chi connectivity index (χ1) is 10.2. The molecule has 12 heteroatoms. The minimum Gasteiger partial charge on any atom is -0.412 e. The van der Waals surface area contributed by atoms with Gasteiger partial charge in [0.15, 0.2) is 0 Å². The van der Waals surface area contributed by atoms with E-state index in [-0.39, 0.29) is 12.0 Å². The largest absolute Gasteiger partial charge is 0.412 e. The molecule has 0 saturated heterocycles. The van der Waals surface area contributed by atoms with Crippen molar-refractivity contribution in [3.63, 3.8) is 0 Å². The first-order valence-corrected chi connectivity index (χ1v) is 10.9. The number of rotatable bonds is 10.